The van der Waals surface area contributed by atoms with Crippen LogP contribution >= 0.6 is 34.3 Å². The van der Waals surface area contributed by atoms with Crippen molar-refractivity contribution in [1.29, 1.82) is 0 Å². The number of halogens is 1. The Balaban J connectivity index is 1.78. The summed E-state index contributed by atoms with van der Waals surface area (Å²) in [5.41, 5.74) is 0.891. The van der Waals surface area contributed by atoms with Gasteiger partial charge in [0, 0.05) is 16.8 Å². The Morgan fingerprint density at radius 2 is 2.32 bits per heavy atom. The topological polar surface area (TPSA) is 36.4 Å². The van der Waals surface area contributed by atoms with Gasteiger partial charge in [-0.15, -0.1) is 22.7 Å². The second kappa shape index (κ2) is 5.40. The average molecular weight is 315 g/mol. The number of rotatable bonds is 3. The van der Waals surface area contributed by atoms with Gasteiger partial charge in [0.05, 0.1) is 22.7 Å². The first-order valence-corrected chi connectivity index (χ1v) is 8.27. The molecule has 0 aromatic carbocycles. The molecule has 6 heteroatoms. The van der Waals surface area contributed by atoms with Crippen LogP contribution < -0.4 is 4.90 Å². The first-order chi connectivity index (χ1) is 9.13. The highest BCUT2D eigenvalue weighted by Gasteiger charge is 2.23. The molecule has 0 amide bonds. The maximum Gasteiger partial charge on any atom is 0.185 e. The number of aliphatic hydroxyl groups excluding tert-OH is 1. The smallest absolute Gasteiger partial charge is 0.185 e. The molecule has 1 N–H and O–H groups in total. The molecule has 0 aliphatic heterocycles. The molecule has 0 radical (unpaired) electrons. The molecule has 2 aromatic rings. The molecule has 0 bridgehead atoms. The van der Waals surface area contributed by atoms with E-state index in [0.717, 1.165) is 41.0 Å². The lowest BCUT2D eigenvalue weighted by Gasteiger charge is -2.15. The summed E-state index contributed by atoms with van der Waals surface area (Å²) in [4.78, 5) is 9.19. The molecule has 1 unspecified atom stereocenters. The van der Waals surface area contributed by atoms with E-state index in [9.17, 15) is 5.11 Å². The van der Waals surface area contributed by atoms with Gasteiger partial charge in [0.1, 0.15) is 0 Å². The number of hydrogen-bond donors (Lipinski definition) is 1. The van der Waals surface area contributed by atoms with Crippen molar-refractivity contribution in [2.75, 3.05) is 11.9 Å². The van der Waals surface area contributed by atoms with E-state index in [-0.39, 0.29) is 6.10 Å². The highest BCUT2D eigenvalue weighted by Crippen LogP contribution is 2.36. The lowest BCUT2D eigenvalue weighted by atomic mass is 10.0. The molecule has 2 heterocycles. The number of anilines is 1. The molecule has 3 nitrogen and oxygen atoms in total. The van der Waals surface area contributed by atoms with E-state index in [1.165, 1.54) is 9.75 Å². The van der Waals surface area contributed by atoms with Gasteiger partial charge in [-0.2, -0.15) is 0 Å². The number of aryl methyl sites for hydroxylation is 1. The first kappa shape index (κ1) is 13.4. The summed E-state index contributed by atoms with van der Waals surface area (Å²) in [5, 5.41) is 10.9. The summed E-state index contributed by atoms with van der Waals surface area (Å²) in [6.45, 7) is 0.805. The van der Waals surface area contributed by atoms with Crippen molar-refractivity contribution in [3.8, 4) is 0 Å². The Hall–Kier alpha value is -0.620. The number of aromatic nitrogens is 1. The number of hydrogen-bond acceptors (Lipinski definition) is 5. The molecule has 2 aromatic heterocycles. The molecule has 1 atom stereocenters. The summed E-state index contributed by atoms with van der Waals surface area (Å²) >= 11 is 9.24. The lowest BCUT2D eigenvalue weighted by Crippen LogP contribution is -2.15. The molecule has 0 spiro atoms. The Labute approximate surface area is 125 Å². The molecular weight excluding hydrogens is 300 g/mol. The van der Waals surface area contributed by atoms with Crippen molar-refractivity contribution in [1.82, 2.24) is 4.98 Å². The molecule has 0 saturated heterocycles. The number of fused-ring (bicyclic) bond motifs is 1. The standard InChI is InChI=1S/C13H15ClN2OS2/c1-16(7-8-5-6-11(14)18-8)13-15-12-9(17)3-2-4-10(12)19-13/h5-6,9,17H,2-4,7H2,1H3. The van der Waals surface area contributed by atoms with Crippen molar-refractivity contribution in [3.05, 3.63) is 31.9 Å². The Morgan fingerprint density at radius 3 is 3.00 bits per heavy atom. The third kappa shape index (κ3) is 2.79. The number of nitrogens with zero attached hydrogens (tertiary/aromatic N) is 2. The minimum absolute atomic E-state index is 0.377. The van der Waals surface area contributed by atoms with Crippen molar-refractivity contribution >= 4 is 39.4 Å². The van der Waals surface area contributed by atoms with Crippen molar-refractivity contribution in [2.45, 2.75) is 31.9 Å². The molecule has 19 heavy (non-hydrogen) atoms. The largest absolute Gasteiger partial charge is 0.387 e. The van der Waals surface area contributed by atoms with E-state index >= 15 is 0 Å². The van der Waals surface area contributed by atoms with E-state index < -0.39 is 0 Å². The minimum atomic E-state index is -0.377. The normalized spacial score (nSPS) is 18.4. The van der Waals surface area contributed by atoms with E-state index in [1.807, 2.05) is 19.2 Å². The number of thiophene rings is 1. The predicted octanol–water partition coefficient (Wildman–Crippen LogP) is 3.86. The van der Waals surface area contributed by atoms with Gasteiger partial charge in [0.2, 0.25) is 0 Å². The maximum atomic E-state index is 9.96. The Morgan fingerprint density at radius 1 is 1.47 bits per heavy atom. The predicted molar refractivity (Wildman–Crippen MR) is 81.4 cm³/mol. The third-order valence-corrected chi connectivity index (χ3v) is 5.72. The zero-order valence-electron chi connectivity index (χ0n) is 10.6. The molecule has 0 fully saturated rings. The van der Waals surface area contributed by atoms with Crippen molar-refractivity contribution in [3.63, 3.8) is 0 Å². The highest BCUT2D eigenvalue weighted by atomic mass is 35.5. The summed E-state index contributed by atoms with van der Waals surface area (Å²) in [5.74, 6) is 0. The van der Waals surface area contributed by atoms with Crippen LogP contribution in [0.25, 0.3) is 0 Å². The van der Waals surface area contributed by atoms with Crippen LogP contribution in [0.15, 0.2) is 12.1 Å². The van der Waals surface area contributed by atoms with E-state index in [0.29, 0.717) is 0 Å². The fraction of sp³-hybridized carbons (Fsp3) is 0.462. The molecule has 0 saturated carbocycles. The number of aliphatic hydroxyl groups is 1. The van der Waals surface area contributed by atoms with Crippen LogP contribution in [0.1, 0.15) is 34.4 Å². The summed E-state index contributed by atoms with van der Waals surface area (Å²) < 4.78 is 0.817. The van der Waals surface area contributed by atoms with Gasteiger partial charge in [0.25, 0.3) is 0 Å². The van der Waals surface area contributed by atoms with Crippen LogP contribution in [-0.2, 0) is 13.0 Å². The SMILES string of the molecule is CN(Cc1ccc(Cl)s1)c1nc2c(s1)CCCC2O. The van der Waals surface area contributed by atoms with Gasteiger partial charge in [-0.05, 0) is 31.4 Å². The van der Waals surface area contributed by atoms with Gasteiger partial charge in [-0.25, -0.2) is 4.98 Å². The minimum Gasteiger partial charge on any atom is -0.387 e. The van der Waals surface area contributed by atoms with E-state index in [1.54, 1.807) is 22.7 Å². The molecular formula is C13H15ClN2OS2. The lowest BCUT2D eigenvalue weighted by molar-refractivity contribution is 0.153. The monoisotopic (exact) mass is 314 g/mol. The van der Waals surface area contributed by atoms with Gasteiger partial charge in [-0.3, -0.25) is 0 Å². The van der Waals surface area contributed by atoms with Crippen LogP contribution in [0, 0.1) is 0 Å². The van der Waals surface area contributed by atoms with Gasteiger partial charge >= 0.3 is 0 Å². The van der Waals surface area contributed by atoms with Gasteiger partial charge < -0.3 is 10.0 Å². The summed E-state index contributed by atoms with van der Waals surface area (Å²) in [7, 11) is 2.03. The third-order valence-electron chi connectivity index (χ3n) is 3.26. The van der Waals surface area contributed by atoms with Crippen LogP contribution in [0.2, 0.25) is 4.34 Å². The molecule has 3 rings (SSSR count). The quantitative estimate of drug-likeness (QED) is 0.934. The second-order valence-electron chi connectivity index (χ2n) is 4.77. The van der Waals surface area contributed by atoms with Crippen LogP contribution in [0.5, 0.6) is 0 Å². The van der Waals surface area contributed by atoms with Crippen LogP contribution in [-0.4, -0.2) is 17.1 Å². The van der Waals surface area contributed by atoms with Gasteiger partial charge in [-0.1, -0.05) is 11.6 Å². The summed E-state index contributed by atoms with van der Waals surface area (Å²) in [6, 6.07) is 3.97. The van der Waals surface area contributed by atoms with Gasteiger partial charge in [0.15, 0.2) is 5.13 Å². The zero-order valence-corrected chi connectivity index (χ0v) is 13.0. The fourth-order valence-corrected chi connectivity index (χ4v) is 4.54. The van der Waals surface area contributed by atoms with E-state index in [4.69, 9.17) is 11.6 Å². The van der Waals surface area contributed by atoms with Crippen LogP contribution in [0.3, 0.4) is 0 Å². The Kier molecular flexibility index (Phi) is 3.80. The number of thiazole rings is 1. The molecule has 1 aliphatic carbocycles. The maximum absolute atomic E-state index is 9.96. The second-order valence-corrected chi connectivity index (χ2v) is 7.64. The zero-order chi connectivity index (χ0) is 13.4. The highest BCUT2D eigenvalue weighted by molar-refractivity contribution is 7.16. The average Bonchev–Trinajstić information content (AvgIpc) is 2.96. The van der Waals surface area contributed by atoms with Crippen LogP contribution in [0.4, 0.5) is 5.13 Å². The van der Waals surface area contributed by atoms with Crippen molar-refractivity contribution in [2.24, 2.45) is 0 Å². The Bertz CT molecular complexity index is 581. The molecule has 1 aliphatic rings. The first-order valence-electron chi connectivity index (χ1n) is 6.26. The molecule has 102 valence electrons. The summed E-state index contributed by atoms with van der Waals surface area (Å²) in [6.07, 6.45) is 2.56. The van der Waals surface area contributed by atoms with Crippen molar-refractivity contribution < 1.29 is 5.11 Å². The fourth-order valence-electron chi connectivity index (χ4n) is 2.28. The van der Waals surface area contributed by atoms with E-state index in [2.05, 4.69) is 9.88 Å².